The number of para-hydroxylation sites is 2. The van der Waals surface area contributed by atoms with Gasteiger partial charge in [-0.1, -0.05) is 198 Å². The maximum atomic E-state index is 12.1. The van der Waals surface area contributed by atoms with Gasteiger partial charge in [-0.3, -0.25) is 4.55 Å². The molecule has 4 aromatic rings. The molecule has 356 valence electrons. The Morgan fingerprint density at radius 1 is 0.477 bits per heavy atom. The van der Waals surface area contributed by atoms with Gasteiger partial charge in [-0.15, -0.1) is 5.75 Å². The maximum absolute atomic E-state index is 12.1. The van der Waals surface area contributed by atoms with E-state index in [-0.39, 0.29) is 71.2 Å². The summed E-state index contributed by atoms with van der Waals surface area (Å²) in [4.78, 5) is -0.675. The van der Waals surface area contributed by atoms with Gasteiger partial charge in [0.25, 0.3) is 10.1 Å². The molecule has 0 fully saturated rings. The van der Waals surface area contributed by atoms with E-state index >= 15 is 0 Å². The number of hydrogen-bond acceptors (Lipinski definition) is 9. The van der Waals surface area contributed by atoms with Gasteiger partial charge in [-0.25, -0.2) is 8.42 Å². The van der Waals surface area contributed by atoms with Crippen molar-refractivity contribution in [2.24, 2.45) is 0 Å². The van der Waals surface area contributed by atoms with E-state index in [9.17, 15) is 36.2 Å². The molecular formula is C52H74CaO10S2. The summed E-state index contributed by atoms with van der Waals surface area (Å²) in [5.41, 5.74) is 0.635. The van der Waals surface area contributed by atoms with Gasteiger partial charge in [0.2, 0.25) is 0 Å². The maximum Gasteiger partial charge on any atom is 2.00 e. The van der Waals surface area contributed by atoms with Crippen LogP contribution in [-0.2, 0) is 33.1 Å². The average Bonchev–Trinajstić information content (AvgIpc) is 3.24. The van der Waals surface area contributed by atoms with Crippen LogP contribution in [0.4, 0.5) is 0 Å². The third kappa shape index (κ3) is 24.7. The zero-order chi connectivity index (χ0) is 46.5. The first-order chi connectivity index (χ1) is 30.8. The standard InChI is InChI=1S/2C26H38O5S.Ca/c2*1-2-3-4-5-6-7-8-9-10-11-12-14-17-22-20-23(27)21-25(26(22)32(28,29)30)31-24-18-15-13-16-19-24;/h2*13,15-16,18-21,27H,2-12,14,17H2,1H3,(H,28,29,30);/q;;+2/p-2. The Morgan fingerprint density at radius 2 is 0.815 bits per heavy atom. The average molecular weight is 963 g/mol. The Balaban J connectivity index is 0.000000440. The van der Waals surface area contributed by atoms with Gasteiger partial charge in [0.05, 0.1) is 0 Å². The van der Waals surface area contributed by atoms with E-state index in [2.05, 4.69) is 13.8 Å². The molecule has 0 atom stereocenters. The molecule has 0 radical (unpaired) electrons. The molecule has 13 heteroatoms. The number of benzene rings is 4. The molecule has 0 aliphatic rings. The van der Waals surface area contributed by atoms with Gasteiger partial charge in [0.1, 0.15) is 42.9 Å². The van der Waals surface area contributed by atoms with Crippen LogP contribution in [0.2, 0.25) is 0 Å². The molecule has 0 heterocycles. The molecule has 0 saturated heterocycles. The topological polar surface area (TPSA) is 173 Å². The molecule has 0 aromatic heterocycles. The van der Waals surface area contributed by atoms with Crippen LogP contribution < -0.4 is 14.6 Å². The summed E-state index contributed by atoms with van der Waals surface area (Å²) in [6, 6.07) is 22.2. The summed E-state index contributed by atoms with van der Waals surface area (Å²) < 4.78 is 81.1. The van der Waals surface area contributed by atoms with E-state index in [0.717, 1.165) is 51.0 Å². The molecule has 0 amide bonds. The predicted molar refractivity (Wildman–Crippen MR) is 260 cm³/mol. The van der Waals surface area contributed by atoms with Crippen molar-refractivity contribution < 1.29 is 45.6 Å². The van der Waals surface area contributed by atoms with Gasteiger partial charge >= 0.3 is 37.7 Å². The molecule has 0 aliphatic carbocycles. The Morgan fingerprint density at radius 3 is 1.17 bits per heavy atom. The minimum absolute atomic E-state index is 0. The van der Waals surface area contributed by atoms with Crippen molar-refractivity contribution in [3.8, 4) is 34.5 Å². The van der Waals surface area contributed by atoms with E-state index < -0.39 is 25.1 Å². The molecule has 0 bridgehead atoms. The van der Waals surface area contributed by atoms with Crippen LogP contribution in [0.3, 0.4) is 0 Å². The molecule has 10 nitrogen and oxygen atoms in total. The third-order valence-electron chi connectivity index (χ3n) is 11.3. The normalized spacial score (nSPS) is 11.4. The Hall–Kier alpha value is -2.84. The second-order valence-electron chi connectivity index (χ2n) is 16.9. The fraction of sp³-hybridized carbons (Fsp3) is 0.538. The van der Waals surface area contributed by atoms with Gasteiger partial charge < -0.3 is 24.2 Å². The van der Waals surface area contributed by atoms with Crippen LogP contribution in [0.1, 0.15) is 179 Å². The molecule has 2 N–H and O–H groups in total. The first kappa shape index (κ1) is 58.3. The first-order valence-corrected chi connectivity index (χ1v) is 26.8. The monoisotopic (exact) mass is 962 g/mol. The fourth-order valence-electron chi connectivity index (χ4n) is 7.92. The summed E-state index contributed by atoms with van der Waals surface area (Å²) in [5.74, 6) is 0.105. The predicted octanol–water partition coefficient (Wildman–Crippen LogP) is 14.0. The second-order valence-corrected chi connectivity index (χ2v) is 19.6. The van der Waals surface area contributed by atoms with Gasteiger partial charge in [0.15, 0.2) is 5.75 Å². The van der Waals surface area contributed by atoms with E-state index in [4.69, 9.17) is 9.47 Å². The minimum atomic E-state index is -4.78. The van der Waals surface area contributed by atoms with E-state index in [1.165, 1.54) is 127 Å². The zero-order valence-electron chi connectivity index (χ0n) is 39.2. The van der Waals surface area contributed by atoms with Crippen molar-refractivity contribution in [2.75, 3.05) is 0 Å². The molecule has 65 heavy (non-hydrogen) atoms. The minimum Gasteiger partial charge on any atom is -0.872 e. The number of ether oxygens (including phenoxy) is 2. The SMILES string of the molecule is CCCCCCCCCCCCCCc1cc(O)cc(Oc2ccccc2)c1S(=O)(=O)O.CCCCCCCCCCCCCCc1cc([O-])cc(Oc2ccccc2)c1S(=O)(=O)[O-].[Ca+2]. The number of unbranched alkanes of at least 4 members (excludes halogenated alkanes) is 22. The van der Waals surface area contributed by atoms with Crippen LogP contribution in [0.15, 0.2) is 94.7 Å². The van der Waals surface area contributed by atoms with E-state index in [1.54, 1.807) is 54.6 Å². The first-order valence-electron chi connectivity index (χ1n) is 23.9. The quantitative estimate of drug-likeness (QED) is 0.0272. The van der Waals surface area contributed by atoms with Gasteiger partial charge in [0, 0.05) is 6.07 Å². The molecule has 4 rings (SSSR count). The summed E-state index contributed by atoms with van der Waals surface area (Å²) in [6.45, 7) is 4.47. The number of aryl methyl sites for hydroxylation is 2. The van der Waals surface area contributed by atoms with Crippen LogP contribution in [0.5, 0.6) is 34.5 Å². The smallest absolute Gasteiger partial charge is 0.872 e. The van der Waals surface area contributed by atoms with Crippen molar-refractivity contribution in [3.05, 3.63) is 96.1 Å². The van der Waals surface area contributed by atoms with Crippen molar-refractivity contribution in [1.29, 1.82) is 0 Å². The molecule has 0 spiro atoms. The van der Waals surface area contributed by atoms with E-state index in [0.29, 0.717) is 29.9 Å². The number of hydrogen-bond donors (Lipinski definition) is 2. The number of rotatable bonds is 32. The second kappa shape index (κ2) is 33.6. The Bertz CT molecular complexity index is 1950. The fourth-order valence-corrected chi connectivity index (χ4v) is 9.60. The van der Waals surface area contributed by atoms with Crippen molar-refractivity contribution >= 4 is 58.0 Å². The molecule has 0 saturated carbocycles. The summed E-state index contributed by atoms with van der Waals surface area (Å²) in [5, 5.41) is 22.2. The van der Waals surface area contributed by atoms with Crippen molar-refractivity contribution in [2.45, 2.75) is 191 Å². The van der Waals surface area contributed by atoms with E-state index in [1.807, 2.05) is 6.07 Å². The largest absolute Gasteiger partial charge is 2.00 e. The summed E-state index contributed by atoms with van der Waals surface area (Å²) >= 11 is 0. The molecule has 4 aromatic carbocycles. The number of phenols is 1. The third-order valence-corrected chi connectivity index (χ3v) is 13.2. The number of phenolic OH excluding ortho intramolecular Hbond substituents is 1. The molecular weight excluding hydrogens is 889 g/mol. The van der Waals surface area contributed by atoms with Crippen LogP contribution in [0.25, 0.3) is 0 Å². The zero-order valence-corrected chi connectivity index (χ0v) is 43.0. The van der Waals surface area contributed by atoms with Crippen LogP contribution in [-0.4, -0.2) is 68.8 Å². The van der Waals surface area contributed by atoms with Crippen LogP contribution >= 0.6 is 0 Å². The molecule has 0 unspecified atom stereocenters. The molecule has 0 aliphatic heterocycles. The summed E-state index contributed by atoms with van der Waals surface area (Å²) in [6.07, 6.45) is 29.7. The Labute approximate surface area is 421 Å². The summed E-state index contributed by atoms with van der Waals surface area (Å²) in [7, 11) is -9.28. The van der Waals surface area contributed by atoms with Gasteiger partial charge in [-0.05, 0) is 73.2 Å². The number of aromatic hydroxyl groups is 1. The Kier molecular flexibility index (Phi) is 30.1. The van der Waals surface area contributed by atoms with Gasteiger partial charge in [-0.2, -0.15) is 8.42 Å². The van der Waals surface area contributed by atoms with Crippen LogP contribution in [0, 0.1) is 0 Å². The van der Waals surface area contributed by atoms with Crippen molar-refractivity contribution in [3.63, 3.8) is 0 Å². The van der Waals surface area contributed by atoms with Crippen molar-refractivity contribution in [1.82, 2.24) is 0 Å².